The Labute approximate surface area is 200 Å². The van der Waals surface area contributed by atoms with Crippen molar-refractivity contribution in [2.75, 3.05) is 18.0 Å². The number of H-pyrrole nitrogens is 2. The molecule has 176 valence electrons. The molecule has 4 N–H and O–H groups in total. The zero-order chi connectivity index (χ0) is 24.1. The topological polar surface area (TPSA) is 104 Å². The van der Waals surface area contributed by atoms with Crippen molar-refractivity contribution >= 4 is 27.6 Å². The van der Waals surface area contributed by atoms with Crippen LogP contribution in [0.2, 0.25) is 0 Å². The number of halogens is 1. The first-order chi connectivity index (χ1) is 16.9. The maximum atomic E-state index is 14.4. The summed E-state index contributed by atoms with van der Waals surface area (Å²) in [5.41, 5.74) is 13.4. The molecule has 1 fully saturated rings. The molecule has 2 aromatic heterocycles. The number of aromatic nitrogens is 4. The number of nitrogens with two attached hydrogens (primary N) is 1. The lowest BCUT2D eigenvalue weighted by Crippen LogP contribution is -2.40. The van der Waals surface area contributed by atoms with Gasteiger partial charge in [0.2, 0.25) is 0 Å². The third-order valence-corrected chi connectivity index (χ3v) is 6.75. The monoisotopic (exact) mass is 468 g/mol. The highest BCUT2D eigenvalue weighted by molar-refractivity contribution is 6.00. The van der Waals surface area contributed by atoms with Crippen LogP contribution in [0.25, 0.3) is 44.3 Å². The molecule has 5 aromatic rings. The van der Waals surface area contributed by atoms with Gasteiger partial charge in [-0.2, -0.15) is 0 Å². The van der Waals surface area contributed by atoms with Gasteiger partial charge < -0.3 is 20.6 Å². The number of nitrogens with one attached hydrogen (secondary N) is 2. The van der Waals surface area contributed by atoms with Crippen LogP contribution in [0.5, 0.6) is 0 Å². The molecule has 7 nitrogen and oxygen atoms in total. The predicted octanol–water partition coefficient (Wildman–Crippen LogP) is 4.51. The highest BCUT2D eigenvalue weighted by Crippen LogP contribution is 2.38. The second-order valence-corrected chi connectivity index (χ2v) is 9.31. The molecule has 0 radical (unpaired) electrons. The molecule has 3 heterocycles. The number of nitrogens with zero attached hydrogens (tertiary/aromatic N) is 3. The van der Waals surface area contributed by atoms with Crippen LogP contribution in [0.15, 0.2) is 59.4 Å². The van der Waals surface area contributed by atoms with E-state index < -0.39 is 0 Å². The van der Waals surface area contributed by atoms with Crippen molar-refractivity contribution in [3.8, 4) is 22.4 Å². The van der Waals surface area contributed by atoms with Crippen LogP contribution in [0, 0.1) is 12.7 Å². The molecule has 35 heavy (non-hydrogen) atoms. The van der Waals surface area contributed by atoms with E-state index in [1.807, 2.05) is 43.3 Å². The molecular formula is C27H25FN6O. The zero-order valence-electron chi connectivity index (χ0n) is 19.3. The SMILES string of the molecule is Cc1cc(F)cc(-c2nnc3ccc(-c4ccc5[nH]c(=O)[nH]c5c4)cc3c2N2CCC(N)CC2)c1. The Bertz CT molecular complexity index is 1610. The minimum absolute atomic E-state index is 0.179. The van der Waals surface area contributed by atoms with Crippen LogP contribution in [-0.4, -0.2) is 39.3 Å². The van der Waals surface area contributed by atoms with E-state index in [-0.39, 0.29) is 17.5 Å². The molecule has 1 saturated heterocycles. The van der Waals surface area contributed by atoms with Crippen molar-refractivity contribution in [1.29, 1.82) is 0 Å². The maximum Gasteiger partial charge on any atom is 0.323 e. The number of aromatic amines is 2. The molecular weight excluding hydrogens is 443 g/mol. The number of anilines is 1. The summed E-state index contributed by atoms with van der Waals surface area (Å²) in [5, 5.41) is 10.0. The summed E-state index contributed by atoms with van der Waals surface area (Å²) >= 11 is 0. The molecule has 1 aliphatic heterocycles. The van der Waals surface area contributed by atoms with E-state index in [4.69, 9.17) is 5.73 Å². The molecule has 0 unspecified atom stereocenters. The summed E-state index contributed by atoms with van der Waals surface area (Å²) in [6, 6.07) is 17.1. The van der Waals surface area contributed by atoms with E-state index in [1.54, 1.807) is 0 Å². The molecule has 0 atom stereocenters. The Balaban J connectivity index is 1.57. The van der Waals surface area contributed by atoms with Crippen molar-refractivity contribution < 1.29 is 4.39 Å². The van der Waals surface area contributed by atoms with E-state index in [0.717, 1.165) is 70.2 Å². The van der Waals surface area contributed by atoms with Crippen LogP contribution in [0.1, 0.15) is 18.4 Å². The quantitative estimate of drug-likeness (QED) is 0.362. The van der Waals surface area contributed by atoms with Gasteiger partial charge in [0.05, 0.1) is 22.2 Å². The summed E-state index contributed by atoms with van der Waals surface area (Å²) in [6.07, 6.45) is 1.76. The average molecular weight is 469 g/mol. The maximum absolute atomic E-state index is 14.4. The number of imidazole rings is 1. The van der Waals surface area contributed by atoms with Gasteiger partial charge in [0, 0.05) is 30.1 Å². The Morgan fingerprint density at radius 2 is 1.66 bits per heavy atom. The minimum Gasteiger partial charge on any atom is -0.369 e. The number of rotatable bonds is 3. The van der Waals surface area contributed by atoms with Crippen molar-refractivity contribution in [3.05, 3.63) is 76.5 Å². The molecule has 8 heteroatoms. The fourth-order valence-electron chi connectivity index (χ4n) is 4.99. The Morgan fingerprint density at radius 1 is 0.914 bits per heavy atom. The average Bonchev–Trinajstić information content (AvgIpc) is 3.22. The lowest BCUT2D eigenvalue weighted by atomic mass is 9.98. The second kappa shape index (κ2) is 8.32. The number of benzene rings is 3. The van der Waals surface area contributed by atoms with Gasteiger partial charge in [0.15, 0.2) is 0 Å². The standard InChI is InChI=1S/C27H25FN6O/c1-15-10-18(12-19(28)11-15)25-26(34-8-6-20(29)7-9-34)21-13-16(2-4-22(21)32-33-25)17-3-5-23-24(14-17)31-27(35)30-23/h2-5,10-14,20H,6-9,29H2,1H3,(H2,30,31,35). The van der Waals surface area contributed by atoms with Gasteiger partial charge in [-0.15, -0.1) is 10.2 Å². The number of piperidine rings is 1. The molecule has 3 aromatic carbocycles. The van der Waals surface area contributed by atoms with Gasteiger partial charge in [-0.25, -0.2) is 9.18 Å². The van der Waals surface area contributed by atoms with Crippen molar-refractivity contribution in [1.82, 2.24) is 20.2 Å². The molecule has 1 aliphatic rings. The third kappa shape index (κ3) is 3.95. The van der Waals surface area contributed by atoms with Gasteiger partial charge in [0.1, 0.15) is 11.5 Å². The number of hydrogen-bond donors (Lipinski definition) is 3. The Kier molecular flexibility index (Phi) is 5.11. The lowest BCUT2D eigenvalue weighted by molar-refractivity contribution is 0.502. The predicted molar refractivity (Wildman–Crippen MR) is 137 cm³/mol. The summed E-state index contributed by atoms with van der Waals surface area (Å²) < 4.78 is 14.4. The minimum atomic E-state index is -0.295. The van der Waals surface area contributed by atoms with Crippen LogP contribution in [0.3, 0.4) is 0 Å². The summed E-state index contributed by atoms with van der Waals surface area (Å²) in [5.74, 6) is -0.295. The smallest absolute Gasteiger partial charge is 0.323 e. The van der Waals surface area contributed by atoms with Gasteiger partial charge in [-0.1, -0.05) is 12.1 Å². The molecule has 0 bridgehead atoms. The summed E-state index contributed by atoms with van der Waals surface area (Å²) in [7, 11) is 0. The van der Waals surface area contributed by atoms with Gasteiger partial charge in [0.25, 0.3) is 0 Å². The third-order valence-electron chi connectivity index (χ3n) is 6.75. The van der Waals surface area contributed by atoms with E-state index in [0.29, 0.717) is 11.3 Å². The van der Waals surface area contributed by atoms with Crippen LogP contribution in [-0.2, 0) is 0 Å². The fourth-order valence-corrected chi connectivity index (χ4v) is 4.99. The number of hydrogen-bond acceptors (Lipinski definition) is 5. The zero-order valence-corrected chi connectivity index (χ0v) is 19.3. The highest BCUT2D eigenvalue weighted by Gasteiger charge is 2.24. The molecule has 6 rings (SSSR count). The van der Waals surface area contributed by atoms with Crippen molar-refractivity contribution in [3.63, 3.8) is 0 Å². The van der Waals surface area contributed by atoms with E-state index in [9.17, 15) is 9.18 Å². The molecule has 0 aliphatic carbocycles. The summed E-state index contributed by atoms with van der Waals surface area (Å²) in [6.45, 7) is 3.47. The highest BCUT2D eigenvalue weighted by atomic mass is 19.1. The van der Waals surface area contributed by atoms with Crippen LogP contribution >= 0.6 is 0 Å². The Hall–Kier alpha value is -4.04. The summed E-state index contributed by atoms with van der Waals surface area (Å²) in [4.78, 5) is 19.6. The first kappa shape index (κ1) is 21.5. The fraction of sp³-hybridized carbons (Fsp3) is 0.222. The van der Waals surface area contributed by atoms with Crippen LogP contribution in [0.4, 0.5) is 10.1 Å². The Morgan fingerprint density at radius 3 is 2.46 bits per heavy atom. The second-order valence-electron chi connectivity index (χ2n) is 9.31. The number of fused-ring (bicyclic) bond motifs is 2. The van der Waals surface area contributed by atoms with Crippen molar-refractivity contribution in [2.24, 2.45) is 5.73 Å². The van der Waals surface area contributed by atoms with Crippen molar-refractivity contribution in [2.45, 2.75) is 25.8 Å². The molecule has 0 saturated carbocycles. The van der Waals surface area contributed by atoms with Gasteiger partial charge >= 0.3 is 5.69 Å². The van der Waals surface area contributed by atoms with Gasteiger partial charge in [-0.05, 0) is 78.9 Å². The largest absolute Gasteiger partial charge is 0.369 e. The normalized spacial score (nSPS) is 14.8. The van der Waals surface area contributed by atoms with E-state index in [1.165, 1.54) is 12.1 Å². The first-order valence-electron chi connectivity index (χ1n) is 11.8. The lowest BCUT2D eigenvalue weighted by Gasteiger charge is -2.33. The first-order valence-corrected chi connectivity index (χ1v) is 11.8. The number of aryl methyl sites for hydroxylation is 1. The van der Waals surface area contributed by atoms with E-state index >= 15 is 0 Å². The van der Waals surface area contributed by atoms with E-state index in [2.05, 4.69) is 31.1 Å². The van der Waals surface area contributed by atoms with Gasteiger partial charge in [-0.3, -0.25) is 0 Å². The molecule has 0 amide bonds. The van der Waals surface area contributed by atoms with Crippen LogP contribution < -0.4 is 16.3 Å². The molecule has 0 spiro atoms.